The van der Waals surface area contributed by atoms with Crippen LogP contribution < -0.4 is 10.2 Å². The molecule has 172 valence electrons. The predicted molar refractivity (Wildman–Crippen MR) is 121 cm³/mol. The lowest BCUT2D eigenvalue weighted by atomic mass is 10.0. The van der Waals surface area contributed by atoms with Gasteiger partial charge in [-0.2, -0.15) is 4.31 Å². The number of fused-ring (bicyclic) bond motifs is 1. The van der Waals surface area contributed by atoms with Crippen molar-refractivity contribution in [2.24, 2.45) is 0 Å². The van der Waals surface area contributed by atoms with Crippen molar-refractivity contribution in [3.63, 3.8) is 0 Å². The molecule has 11 heteroatoms. The predicted octanol–water partition coefficient (Wildman–Crippen LogP) is 1.65. The van der Waals surface area contributed by atoms with E-state index in [2.05, 4.69) is 5.32 Å². The Kier molecular flexibility index (Phi) is 6.72. The number of hydrogen-bond acceptors (Lipinski definition) is 6. The van der Waals surface area contributed by atoms with Crippen molar-refractivity contribution in [2.75, 3.05) is 36.6 Å². The van der Waals surface area contributed by atoms with Crippen LogP contribution in [0.25, 0.3) is 0 Å². The van der Waals surface area contributed by atoms with E-state index in [4.69, 9.17) is 0 Å². The van der Waals surface area contributed by atoms with Crippen LogP contribution in [0.1, 0.15) is 18.9 Å². The summed E-state index contributed by atoms with van der Waals surface area (Å²) in [5.41, 5.74) is 1.80. The van der Waals surface area contributed by atoms with Crippen LogP contribution in [0, 0.1) is 0 Å². The molecule has 0 saturated heterocycles. The Balaban J connectivity index is 1.78. The number of aryl methyl sites for hydroxylation is 1. The lowest BCUT2D eigenvalue weighted by Gasteiger charge is -2.31. The number of sulfone groups is 1. The first-order valence-corrected chi connectivity index (χ1v) is 13.2. The standard InChI is InChI=1S/C21H25N3O6S2/c1-15(25)22-17-6-8-18(9-7-17)32(29,30)23(2)14-21(26)24-12-4-5-16-13-19(31(3,27)28)10-11-20(16)24/h6-11,13H,4-5,12,14H2,1-3H3,(H,22,25). The van der Waals surface area contributed by atoms with Gasteiger partial charge in [0.1, 0.15) is 0 Å². The van der Waals surface area contributed by atoms with Crippen LogP contribution in [0.2, 0.25) is 0 Å². The van der Waals surface area contributed by atoms with E-state index < -0.39 is 25.8 Å². The molecule has 9 nitrogen and oxygen atoms in total. The van der Waals surface area contributed by atoms with Crippen LogP contribution in [0.3, 0.4) is 0 Å². The highest BCUT2D eigenvalue weighted by Gasteiger charge is 2.28. The number of carbonyl (C=O) groups is 2. The van der Waals surface area contributed by atoms with Crippen LogP contribution in [0.5, 0.6) is 0 Å². The van der Waals surface area contributed by atoms with Crippen molar-refractivity contribution in [1.29, 1.82) is 0 Å². The second-order valence-corrected chi connectivity index (χ2v) is 11.7. The largest absolute Gasteiger partial charge is 0.326 e. The molecular formula is C21H25N3O6S2. The third-order valence-corrected chi connectivity index (χ3v) is 8.07. The zero-order valence-electron chi connectivity index (χ0n) is 18.0. The minimum absolute atomic E-state index is 0.00117. The summed E-state index contributed by atoms with van der Waals surface area (Å²) in [6, 6.07) is 10.3. The smallest absolute Gasteiger partial charge is 0.243 e. The number of rotatable bonds is 6. The quantitative estimate of drug-likeness (QED) is 0.673. The Hall–Kier alpha value is -2.76. The summed E-state index contributed by atoms with van der Waals surface area (Å²) in [5, 5.41) is 2.56. The van der Waals surface area contributed by atoms with Gasteiger partial charge in [0.25, 0.3) is 0 Å². The van der Waals surface area contributed by atoms with E-state index >= 15 is 0 Å². The zero-order valence-corrected chi connectivity index (χ0v) is 19.7. The third kappa shape index (κ3) is 5.17. The van der Waals surface area contributed by atoms with E-state index in [9.17, 15) is 26.4 Å². The van der Waals surface area contributed by atoms with Crippen molar-refractivity contribution < 1.29 is 26.4 Å². The van der Waals surface area contributed by atoms with Gasteiger partial charge in [-0.15, -0.1) is 0 Å². The maximum Gasteiger partial charge on any atom is 0.243 e. The molecule has 0 radical (unpaired) electrons. The van der Waals surface area contributed by atoms with Crippen molar-refractivity contribution >= 4 is 43.0 Å². The van der Waals surface area contributed by atoms with Crippen molar-refractivity contribution in [1.82, 2.24) is 4.31 Å². The molecule has 0 unspecified atom stereocenters. The molecule has 2 aromatic rings. The summed E-state index contributed by atoms with van der Waals surface area (Å²) in [7, 11) is -5.97. The molecule has 0 aliphatic carbocycles. The van der Waals surface area contributed by atoms with Gasteiger partial charge in [-0.25, -0.2) is 16.8 Å². The average Bonchev–Trinajstić information content (AvgIpc) is 2.72. The van der Waals surface area contributed by atoms with Gasteiger partial charge in [0.2, 0.25) is 21.8 Å². The molecule has 3 rings (SSSR count). The normalized spacial score (nSPS) is 14.2. The number of sulfonamides is 1. The van der Waals surface area contributed by atoms with Gasteiger partial charge in [-0.3, -0.25) is 9.59 Å². The average molecular weight is 480 g/mol. The van der Waals surface area contributed by atoms with Gasteiger partial charge in [0.05, 0.1) is 16.3 Å². The maximum absolute atomic E-state index is 13.0. The number of benzene rings is 2. The molecule has 2 aromatic carbocycles. The fourth-order valence-corrected chi connectivity index (χ4v) is 5.31. The molecule has 2 amide bonds. The first kappa shape index (κ1) is 23.9. The van der Waals surface area contributed by atoms with Gasteiger partial charge in [0.15, 0.2) is 9.84 Å². The highest BCUT2D eigenvalue weighted by Crippen LogP contribution is 2.30. The van der Waals surface area contributed by atoms with E-state index in [-0.39, 0.29) is 22.2 Å². The maximum atomic E-state index is 13.0. The van der Waals surface area contributed by atoms with E-state index in [1.807, 2.05) is 0 Å². The van der Waals surface area contributed by atoms with Gasteiger partial charge >= 0.3 is 0 Å². The number of hydrogen-bond donors (Lipinski definition) is 1. The molecule has 1 aliphatic heterocycles. The number of amides is 2. The Labute approximate surface area is 188 Å². The number of nitrogens with zero attached hydrogens (tertiary/aromatic N) is 2. The first-order valence-electron chi connectivity index (χ1n) is 9.87. The molecule has 0 atom stereocenters. The number of nitrogens with one attached hydrogen (secondary N) is 1. The minimum atomic E-state index is -3.93. The van der Waals surface area contributed by atoms with Crippen LogP contribution in [-0.2, 0) is 35.9 Å². The molecule has 0 saturated carbocycles. The summed E-state index contributed by atoms with van der Waals surface area (Å²) in [5.74, 6) is -0.673. The van der Waals surface area contributed by atoms with Gasteiger partial charge in [-0.1, -0.05) is 0 Å². The lowest BCUT2D eigenvalue weighted by Crippen LogP contribution is -2.43. The molecule has 32 heavy (non-hydrogen) atoms. The van der Waals surface area contributed by atoms with Crippen LogP contribution >= 0.6 is 0 Å². The molecule has 1 N–H and O–H groups in total. The van der Waals surface area contributed by atoms with Crippen molar-refractivity contribution in [3.8, 4) is 0 Å². The SMILES string of the molecule is CC(=O)Nc1ccc(S(=O)(=O)N(C)CC(=O)N2CCCc3cc(S(C)(=O)=O)ccc32)cc1. The first-order chi connectivity index (χ1) is 14.9. The third-order valence-electron chi connectivity index (χ3n) is 5.14. The lowest BCUT2D eigenvalue weighted by molar-refractivity contribution is -0.118. The van der Waals surface area contributed by atoms with E-state index in [0.29, 0.717) is 30.8 Å². The highest BCUT2D eigenvalue weighted by molar-refractivity contribution is 7.90. The zero-order chi connectivity index (χ0) is 23.7. The highest BCUT2D eigenvalue weighted by atomic mass is 32.2. The molecule has 1 heterocycles. The van der Waals surface area contributed by atoms with Crippen LogP contribution in [0.4, 0.5) is 11.4 Å². The summed E-state index contributed by atoms with van der Waals surface area (Å²) in [4.78, 5) is 25.8. The molecule has 0 aromatic heterocycles. The Bertz CT molecular complexity index is 1250. The second-order valence-electron chi connectivity index (χ2n) is 7.68. The van der Waals surface area contributed by atoms with Gasteiger partial charge in [-0.05, 0) is 60.9 Å². The Morgan fingerprint density at radius 3 is 2.25 bits per heavy atom. The Morgan fingerprint density at radius 2 is 1.66 bits per heavy atom. The Morgan fingerprint density at radius 1 is 1.03 bits per heavy atom. The van der Waals surface area contributed by atoms with Gasteiger partial charge < -0.3 is 10.2 Å². The summed E-state index contributed by atoms with van der Waals surface area (Å²) in [6.45, 7) is 1.40. The molecule has 0 spiro atoms. The fraction of sp³-hybridized carbons (Fsp3) is 0.333. The fourth-order valence-electron chi connectivity index (χ4n) is 3.52. The minimum Gasteiger partial charge on any atom is -0.326 e. The van der Waals surface area contributed by atoms with E-state index in [0.717, 1.165) is 16.1 Å². The van der Waals surface area contributed by atoms with E-state index in [1.165, 1.54) is 49.2 Å². The van der Waals surface area contributed by atoms with Gasteiger partial charge in [0, 0.05) is 38.1 Å². The molecule has 1 aliphatic rings. The molecule has 0 bridgehead atoms. The van der Waals surface area contributed by atoms with Crippen molar-refractivity contribution in [3.05, 3.63) is 48.0 Å². The van der Waals surface area contributed by atoms with Crippen LogP contribution in [-0.4, -0.2) is 59.3 Å². The summed E-state index contributed by atoms with van der Waals surface area (Å²) < 4.78 is 50.4. The number of likely N-dealkylation sites (N-methyl/N-ethyl adjacent to an activating group) is 1. The second kappa shape index (κ2) is 9.00. The molecular weight excluding hydrogens is 454 g/mol. The van der Waals surface area contributed by atoms with Crippen molar-refractivity contribution in [2.45, 2.75) is 29.6 Å². The monoisotopic (exact) mass is 479 g/mol. The topological polar surface area (TPSA) is 121 Å². The van der Waals surface area contributed by atoms with Crippen LogP contribution in [0.15, 0.2) is 52.3 Å². The number of anilines is 2. The molecule has 0 fully saturated rings. The summed E-state index contributed by atoms with van der Waals surface area (Å²) in [6.07, 6.45) is 2.41. The van der Waals surface area contributed by atoms with E-state index in [1.54, 1.807) is 12.1 Å². The summed E-state index contributed by atoms with van der Waals surface area (Å²) >= 11 is 0. The number of carbonyl (C=O) groups excluding carboxylic acids is 2.